The molecule has 0 aromatic heterocycles. The smallest absolute Gasteiger partial charge is 0.408 e. The van der Waals surface area contributed by atoms with E-state index in [9.17, 15) is 58.8 Å². The van der Waals surface area contributed by atoms with Crippen LogP contribution in [0.25, 0.3) is 0 Å². The van der Waals surface area contributed by atoms with E-state index < -0.39 is 89.9 Å². The first-order chi connectivity index (χ1) is 45.7. The van der Waals surface area contributed by atoms with Gasteiger partial charge in [-0.1, -0.05) is 120 Å². The lowest BCUT2D eigenvalue weighted by Gasteiger charge is -2.23. The van der Waals surface area contributed by atoms with Crippen molar-refractivity contribution in [2.75, 3.05) is 26.3 Å². The van der Waals surface area contributed by atoms with Crippen LogP contribution in [0.3, 0.4) is 0 Å². The van der Waals surface area contributed by atoms with Crippen molar-refractivity contribution in [3.63, 3.8) is 0 Å². The number of esters is 6. The van der Waals surface area contributed by atoms with Crippen LogP contribution < -0.4 is 41.5 Å². The Balaban J connectivity index is 0.000000683. The standard InChI is InChI=1S/C28H43NO8.C21H33N3O6.3C6H6O3S/c1-7-10-13-24(30)35-22-16-15-20(19-23(22)36-25(31)14-11-8-2)18-21(26(32)34-17-12-9-3)29-27(33)37-28(4,5)6;1-2-3-12-28-21(27)16(24)13-15-8-9-17(29-19(25)6-4-10-22)18(14-15)30-20(26)7-5-11-23;3*7-10(8,9)6-4-2-1-3-5-6/h15-16,19,21H,7-14,17-18H2,1-6H3,(H,29,33);8-9,14,16H,2-7,10-13,22-24H2,1H3;3*1-5H,(H,7,8,9). The van der Waals surface area contributed by atoms with E-state index in [2.05, 4.69) is 5.32 Å². The van der Waals surface area contributed by atoms with E-state index in [1.54, 1.807) is 87.5 Å². The zero-order valence-electron chi connectivity index (χ0n) is 55.9. The molecule has 0 heterocycles. The minimum Gasteiger partial charge on any atom is -0.465 e. The molecule has 27 nitrogen and oxygen atoms in total. The van der Waals surface area contributed by atoms with Crippen LogP contribution in [0.2, 0.25) is 0 Å². The molecule has 0 fully saturated rings. The Hall–Kier alpha value is -8.20. The monoisotopic (exact) mass is 1420 g/mol. The Labute approximate surface area is 569 Å². The molecular weight excluding hydrogens is 1320 g/mol. The van der Waals surface area contributed by atoms with Gasteiger partial charge in [0.15, 0.2) is 23.0 Å². The SMILES string of the molecule is CCCCOC(=O)C(Cc1ccc(OC(=O)CCCC)c(OC(=O)CCCC)c1)NC(=O)OC(C)(C)C.CCCCOC(=O)C(N)Cc1ccc(OC(=O)CCCN)c(OC(=O)CCCN)c1.O=S(=O)(O)c1ccccc1.O=S(=O)(O)c1ccccc1.O=S(=O)(O)c1ccccc1. The molecule has 2 unspecified atom stereocenters. The third kappa shape index (κ3) is 40.2. The van der Waals surface area contributed by atoms with Gasteiger partial charge in [-0.05, 0) is 151 Å². The quantitative estimate of drug-likeness (QED) is 0.00692. The largest absolute Gasteiger partial charge is 0.465 e. The van der Waals surface area contributed by atoms with Crippen LogP contribution in [0.5, 0.6) is 23.0 Å². The molecule has 97 heavy (non-hydrogen) atoms. The van der Waals surface area contributed by atoms with Gasteiger partial charge in [-0.3, -0.25) is 37.6 Å². The van der Waals surface area contributed by atoms with Crippen LogP contribution in [0.4, 0.5) is 4.79 Å². The number of unbranched alkanes of at least 4 members (excludes halogenated alkanes) is 4. The molecule has 5 aromatic carbocycles. The third-order valence-electron chi connectivity index (χ3n) is 12.3. The highest BCUT2D eigenvalue weighted by Crippen LogP contribution is 2.32. The second kappa shape index (κ2) is 46.9. The summed E-state index contributed by atoms with van der Waals surface area (Å²) in [6.07, 6.45) is 7.40. The Morgan fingerprint density at radius 2 is 0.763 bits per heavy atom. The molecule has 0 aliphatic carbocycles. The van der Waals surface area contributed by atoms with Crippen molar-refractivity contribution in [3.05, 3.63) is 139 Å². The Kier molecular flexibility index (Phi) is 41.9. The number of benzene rings is 5. The van der Waals surface area contributed by atoms with E-state index in [1.165, 1.54) is 60.7 Å². The van der Waals surface area contributed by atoms with E-state index in [0.29, 0.717) is 62.9 Å². The molecular formula is C67H94N4O23S3. The number of ether oxygens (including phenoxy) is 7. The molecule has 0 saturated heterocycles. The van der Waals surface area contributed by atoms with Crippen LogP contribution in [0.1, 0.15) is 149 Å². The lowest BCUT2D eigenvalue weighted by Crippen LogP contribution is -2.45. The first-order valence-electron chi connectivity index (χ1n) is 31.4. The van der Waals surface area contributed by atoms with Gasteiger partial charge in [0.1, 0.15) is 17.7 Å². The zero-order chi connectivity index (χ0) is 73.0. The molecule has 0 spiro atoms. The summed E-state index contributed by atoms with van der Waals surface area (Å²) in [6.45, 7) is 14.3. The highest BCUT2D eigenvalue weighted by molar-refractivity contribution is 7.86. The number of hydrogen-bond acceptors (Lipinski definition) is 23. The van der Waals surface area contributed by atoms with Gasteiger partial charge in [-0.2, -0.15) is 25.3 Å². The molecule has 5 aromatic rings. The van der Waals surface area contributed by atoms with Crippen LogP contribution in [0.15, 0.2) is 142 Å². The molecule has 30 heteroatoms. The van der Waals surface area contributed by atoms with Crippen molar-refractivity contribution in [2.45, 2.75) is 184 Å². The fourth-order valence-corrected chi connectivity index (χ4v) is 8.86. The summed E-state index contributed by atoms with van der Waals surface area (Å²) in [5.41, 5.74) is 17.2. The maximum absolute atomic E-state index is 12.8. The topological polar surface area (TPSA) is 437 Å². The normalized spacial score (nSPS) is 11.6. The first kappa shape index (κ1) is 86.8. The number of nitrogens with two attached hydrogens (primary N) is 3. The predicted octanol–water partition coefficient (Wildman–Crippen LogP) is 9.65. The summed E-state index contributed by atoms with van der Waals surface area (Å²) in [5, 5.41) is 2.58. The Morgan fingerprint density at radius 3 is 1.07 bits per heavy atom. The van der Waals surface area contributed by atoms with Crippen molar-refractivity contribution in [1.82, 2.24) is 5.32 Å². The van der Waals surface area contributed by atoms with Crippen molar-refractivity contribution in [2.24, 2.45) is 17.2 Å². The van der Waals surface area contributed by atoms with E-state index in [0.717, 1.165) is 32.1 Å². The summed E-state index contributed by atoms with van der Waals surface area (Å²) >= 11 is 0. The first-order valence-corrected chi connectivity index (χ1v) is 35.7. The number of alkyl carbamates (subject to hydrolysis) is 1. The number of carbonyl (C=O) groups excluding carboxylic acids is 7. The number of hydrogen-bond donors (Lipinski definition) is 7. The molecule has 1 amide bonds. The molecule has 5 rings (SSSR count). The summed E-state index contributed by atoms with van der Waals surface area (Å²) in [7, 11) is -12.0. The van der Waals surface area contributed by atoms with Gasteiger partial charge >= 0.3 is 41.9 Å². The van der Waals surface area contributed by atoms with Crippen LogP contribution in [-0.2, 0) is 86.2 Å². The Morgan fingerprint density at radius 1 is 0.443 bits per heavy atom. The van der Waals surface area contributed by atoms with Gasteiger partial charge in [0.25, 0.3) is 30.4 Å². The minimum atomic E-state index is -4.00. The van der Waals surface area contributed by atoms with Gasteiger partial charge < -0.3 is 55.7 Å². The van der Waals surface area contributed by atoms with Crippen LogP contribution in [0, 0.1) is 0 Å². The summed E-state index contributed by atoms with van der Waals surface area (Å²) in [6, 6.07) is 29.8. The van der Waals surface area contributed by atoms with Gasteiger partial charge in [-0.15, -0.1) is 0 Å². The molecule has 2 atom stereocenters. The number of amides is 1. The van der Waals surface area contributed by atoms with Gasteiger partial charge in [-0.25, -0.2) is 9.59 Å². The summed E-state index contributed by atoms with van der Waals surface area (Å²) < 4.78 is 125. The van der Waals surface area contributed by atoms with E-state index in [4.69, 9.17) is 64.0 Å². The van der Waals surface area contributed by atoms with Gasteiger partial charge in [0.2, 0.25) is 0 Å². The number of nitrogens with one attached hydrogen (secondary N) is 1. The molecule has 0 aliphatic heterocycles. The fraction of sp³-hybridized carbons (Fsp3) is 0.448. The third-order valence-corrected chi connectivity index (χ3v) is 14.9. The van der Waals surface area contributed by atoms with E-state index in [-0.39, 0.29) is 82.8 Å². The van der Waals surface area contributed by atoms with Crippen LogP contribution in [-0.4, -0.2) is 125 Å². The fourth-order valence-electron chi connectivity index (χ4n) is 7.35. The van der Waals surface area contributed by atoms with Gasteiger partial charge in [0.05, 0.1) is 27.9 Å². The van der Waals surface area contributed by atoms with Gasteiger partial charge in [0, 0.05) is 32.1 Å². The average Bonchev–Trinajstić information content (AvgIpc) is 0.873. The maximum Gasteiger partial charge on any atom is 0.408 e. The molecule has 0 aliphatic rings. The van der Waals surface area contributed by atoms with Crippen molar-refractivity contribution in [1.29, 1.82) is 0 Å². The minimum absolute atomic E-state index is 0.0494. The zero-order valence-corrected chi connectivity index (χ0v) is 58.3. The lowest BCUT2D eigenvalue weighted by atomic mass is 10.1. The molecule has 10 N–H and O–H groups in total. The van der Waals surface area contributed by atoms with Crippen LogP contribution >= 0.6 is 0 Å². The second-order valence-corrected chi connectivity index (χ2v) is 26.3. The van der Waals surface area contributed by atoms with Crippen molar-refractivity contribution >= 4 is 72.3 Å². The lowest BCUT2D eigenvalue weighted by molar-refractivity contribution is -0.146. The molecule has 0 radical (unpaired) electrons. The number of rotatable bonds is 32. The van der Waals surface area contributed by atoms with E-state index in [1.807, 2.05) is 27.7 Å². The Bertz CT molecular complexity index is 3380. The average molecular weight is 1420 g/mol. The van der Waals surface area contributed by atoms with Crippen molar-refractivity contribution in [3.8, 4) is 23.0 Å². The second-order valence-electron chi connectivity index (χ2n) is 22.1. The molecule has 0 bridgehead atoms. The number of carbonyl (C=O) groups is 7. The predicted molar refractivity (Wildman–Crippen MR) is 360 cm³/mol. The highest BCUT2D eigenvalue weighted by atomic mass is 32.2. The van der Waals surface area contributed by atoms with E-state index >= 15 is 0 Å². The summed E-state index contributed by atoms with van der Waals surface area (Å²) in [5.74, 6) is -2.56. The highest BCUT2D eigenvalue weighted by Gasteiger charge is 2.27. The van der Waals surface area contributed by atoms with Crippen molar-refractivity contribution < 1.29 is 106 Å². The molecule has 538 valence electrons. The maximum atomic E-state index is 12.8. The molecule has 0 saturated carbocycles. The summed E-state index contributed by atoms with van der Waals surface area (Å²) in [4.78, 5) is 85.5.